The molecule has 1 saturated heterocycles. The molecule has 120 valence electrons. The Labute approximate surface area is 126 Å². The van der Waals surface area contributed by atoms with E-state index in [1.54, 1.807) is 0 Å². The van der Waals surface area contributed by atoms with E-state index in [0.29, 0.717) is 19.6 Å². The van der Waals surface area contributed by atoms with Crippen molar-refractivity contribution in [2.75, 3.05) is 33.7 Å². The van der Waals surface area contributed by atoms with Crippen LogP contribution in [0, 0.1) is 0 Å². The van der Waals surface area contributed by atoms with E-state index in [0.717, 1.165) is 25.2 Å². The summed E-state index contributed by atoms with van der Waals surface area (Å²) in [5, 5.41) is 22.8. The minimum atomic E-state index is -0.637. The average Bonchev–Trinajstić information content (AvgIpc) is 2.74. The van der Waals surface area contributed by atoms with Crippen molar-refractivity contribution >= 4 is 0 Å². The molecule has 1 aliphatic rings. The molecular weight excluding hydrogens is 268 g/mol. The number of likely N-dealkylation sites (N-methyl/N-ethyl adjacent to an activating group) is 1. The highest BCUT2D eigenvalue weighted by Gasteiger charge is 2.34. The van der Waals surface area contributed by atoms with E-state index in [1.165, 1.54) is 0 Å². The molecule has 21 heavy (non-hydrogen) atoms. The Kier molecular flexibility index (Phi) is 4.65. The fourth-order valence-corrected chi connectivity index (χ4v) is 3.08. The Morgan fingerprint density at radius 1 is 1.33 bits per heavy atom. The summed E-state index contributed by atoms with van der Waals surface area (Å²) in [5.74, 6) is 0.858. The molecule has 1 unspecified atom stereocenters. The molecule has 1 atom stereocenters. The summed E-state index contributed by atoms with van der Waals surface area (Å²) in [6.45, 7) is 9.28. The molecule has 0 aliphatic carbocycles. The maximum absolute atomic E-state index is 10.7. The Hall–Kier alpha value is -1.05. The lowest BCUT2D eigenvalue weighted by molar-refractivity contribution is -0.0490. The van der Waals surface area contributed by atoms with Gasteiger partial charge in [-0.25, -0.2) is 4.68 Å². The Morgan fingerprint density at radius 2 is 2.05 bits per heavy atom. The van der Waals surface area contributed by atoms with Crippen LogP contribution >= 0.6 is 0 Å². The van der Waals surface area contributed by atoms with Gasteiger partial charge in [-0.2, -0.15) is 0 Å². The van der Waals surface area contributed by atoms with Crippen LogP contribution in [-0.4, -0.2) is 74.4 Å². The smallest absolute Gasteiger partial charge is 0.165 e. The number of likely N-dealkylation sites (tertiary alicyclic amines) is 1. The standard InChI is InChI=1S/C14H28N6O/c1-13(2,3)20-12(15-16-17-20)9-19-8-6-7-14(21,11-19)10-18(4)5/h21H,6-11H2,1-5H3. The van der Waals surface area contributed by atoms with Gasteiger partial charge in [0.15, 0.2) is 5.82 Å². The van der Waals surface area contributed by atoms with Crippen LogP contribution in [0.1, 0.15) is 39.4 Å². The normalized spacial score (nSPS) is 24.7. The highest BCUT2D eigenvalue weighted by molar-refractivity contribution is 4.93. The quantitative estimate of drug-likeness (QED) is 0.863. The fraction of sp³-hybridized carbons (Fsp3) is 0.929. The van der Waals surface area contributed by atoms with E-state index in [1.807, 2.05) is 23.7 Å². The second-order valence-corrected chi connectivity index (χ2v) is 7.45. The number of aromatic nitrogens is 4. The molecule has 1 N–H and O–H groups in total. The van der Waals surface area contributed by atoms with Crippen molar-refractivity contribution in [3.63, 3.8) is 0 Å². The largest absolute Gasteiger partial charge is 0.387 e. The summed E-state index contributed by atoms with van der Waals surface area (Å²) in [4.78, 5) is 4.30. The molecule has 1 fully saturated rings. The van der Waals surface area contributed by atoms with Crippen LogP contribution in [0.2, 0.25) is 0 Å². The van der Waals surface area contributed by atoms with E-state index < -0.39 is 5.60 Å². The third kappa shape index (κ3) is 4.21. The molecule has 1 aliphatic heterocycles. The number of nitrogens with zero attached hydrogens (tertiary/aromatic N) is 6. The van der Waals surface area contributed by atoms with Crippen molar-refractivity contribution in [2.24, 2.45) is 0 Å². The molecule has 0 spiro atoms. The first kappa shape index (κ1) is 16.3. The summed E-state index contributed by atoms with van der Waals surface area (Å²) < 4.78 is 1.87. The number of aliphatic hydroxyl groups is 1. The van der Waals surface area contributed by atoms with E-state index in [9.17, 15) is 5.11 Å². The van der Waals surface area contributed by atoms with Crippen molar-refractivity contribution in [2.45, 2.75) is 51.3 Å². The zero-order valence-electron chi connectivity index (χ0n) is 13.9. The van der Waals surface area contributed by atoms with Gasteiger partial charge < -0.3 is 10.0 Å². The molecule has 0 saturated carbocycles. The third-order valence-corrected chi connectivity index (χ3v) is 3.78. The molecular formula is C14H28N6O. The lowest BCUT2D eigenvalue weighted by Crippen LogP contribution is -2.53. The van der Waals surface area contributed by atoms with Gasteiger partial charge in [0.2, 0.25) is 0 Å². The topological polar surface area (TPSA) is 70.3 Å². The number of hydrogen-bond acceptors (Lipinski definition) is 6. The molecule has 2 heterocycles. The van der Waals surface area contributed by atoms with Crippen LogP contribution in [0.25, 0.3) is 0 Å². The molecule has 2 rings (SSSR count). The Balaban J connectivity index is 2.05. The first-order valence-electron chi connectivity index (χ1n) is 7.57. The molecule has 7 heteroatoms. The average molecular weight is 296 g/mol. The molecule has 0 bridgehead atoms. The highest BCUT2D eigenvalue weighted by atomic mass is 16.3. The third-order valence-electron chi connectivity index (χ3n) is 3.78. The van der Waals surface area contributed by atoms with Gasteiger partial charge >= 0.3 is 0 Å². The van der Waals surface area contributed by atoms with E-state index in [2.05, 4.69) is 41.2 Å². The van der Waals surface area contributed by atoms with Gasteiger partial charge in [0.25, 0.3) is 0 Å². The summed E-state index contributed by atoms with van der Waals surface area (Å²) in [5.41, 5.74) is -0.768. The highest BCUT2D eigenvalue weighted by Crippen LogP contribution is 2.23. The molecule has 1 aromatic heterocycles. The maximum atomic E-state index is 10.7. The first-order chi connectivity index (χ1) is 9.70. The van der Waals surface area contributed by atoms with Crippen LogP contribution in [0.5, 0.6) is 0 Å². The van der Waals surface area contributed by atoms with Gasteiger partial charge in [0.05, 0.1) is 17.7 Å². The van der Waals surface area contributed by atoms with Crippen LogP contribution in [0.4, 0.5) is 0 Å². The number of hydrogen-bond donors (Lipinski definition) is 1. The molecule has 0 aromatic carbocycles. The summed E-state index contributed by atoms with van der Waals surface area (Å²) >= 11 is 0. The van der Waals surface area contributed by atoms with Crippen molar-refractivity contribution in [3.8, 4) is 0 Å². The van der Waals surface area contributed by atoms with Crippen LogP contribution in [0.3, 0.4) is 0 Å². The Morgan fingerprint density at radius 3 is 2.67 bits per heavy atom. The van der Waals surface area contributed by atoms with Crippen LogP contribution < -0.4 is 0 Å². The van der Waals surface area contributed by atoms with Gasteiger partial charge in [0, 0.05) is 13.1 Å². The first-order valence-corrected chi connectivity index (χ1v) is 7.57. The number of tetrazole rings is 1. The summed E-state index contributed by atoms with van der Waals surface area (Å²) in [6.07, 6.45) is 1.85. The van der Waals surface area contributed by atoms with Crippen molar-refractivity contribution < 1.29 is 5.11 Å². The second-order valence-electron chi connectivity index (χ2n) is 7.45. The Bertz CT molecular complexity index is 466. The summed E-state index contributed by atoms with van der Waals surface area (Å²) in [6, 6.07) is 0. The zero-order valence-corrected chi connectivity index (χ0v) is 13.9. The predicted molar refractivity (Wildman–Crippen MR) is 80.8 cm³/mol. The molecule has 0 radical (unpaired) electrons. The molecule has 7 nitrogen and oxygen atoms in total. The van der Waals surface area contributed by atoms with Gasteiger partial charge in [-0.3, -0.25) is 4.90 Å². The summed E-state index contributed by atoms with van der Waals surface area (Å²) in [7, 11) is 3.99. The van der Waals surface area contributed by atoms with E-state index >= 15 is 0 Å². The fourth-order valence-electron chi connectivity index (χ4n) is 3.08. The van der Waals surface area contributed by atoms with E-state index in [4.69, 9.17) is 0 Å². The minimum absolute atomic E-state index is 0.130. The SMILES string of the molecule is CN(C)CC1(O)CCCN(Cc2nnnn2C(C)(C)C)C1. The maximum Gasteiger partial charge on any atom is 0.165 e. The molecule has 1 aromatic rings. The van der Waals surface area contributed by atoms with Crippen LogP contribution in [0.15, 0.2) is 0 Å². The second kappa shape index (κ2) is 5.98. The van der Waals surface area contributed by atoms with Crippen molar-refractivity contribution in [1.29, 1.82) is 0 Å². The van der Waals surface area contributed by atoms with Crippen molar-refractivity contribution in [3.05, 3.63) is 5.82 Å². The zero-order chi connectivity index (χ0) is 15.7. The van der Waals surface area contributed by atoms with E-state index in [-0.39, 0.29) is 5.54 Å². The lowest BCUT2D eigenvalue weighted by Gasteiger charge is -2.40. The van der Waals surface area contributed by atoms with Gasteiger partial charge in [0.1, 0.15) is 0 Å². The number of β-amino-alcohol motifs (C(OH)–C–C–N with tert-alkyl or cyclic N) is 1. The predicted octanol–water partition coefficient (Wildman–Crippen LogP) is 0.317. The van der Waals surface area contributed by atoms with Gasteiger partial charge in [-0.1, -0.05) is 0 Å². The van der Waals surface area contributed by atoms with Gasteiger partial charge in [-0.05, 0) is 64.7 Å². The lowest BCUT2D eigenvalue weighted by atomic mass is 9.92. The van der Waals surface area contributed by atoms with Gasteiger partial charge in [-0.15, -0.1) is 5.10 Å². The van der Waals surface area contributed by atoms with Crippen LogP contribution in [-0.2, 0) is 12.1 Å². The number of piperidine rings is 1. The molecule has 0 amide bonds. The minimum Gasteiger partial charge on any atom is -0.387 e. The number of rotatable bonds is 4. The monoisotopic (exact) mass is 296 g/mol. The van der Waals surface area contributed by atoms with Crippen molar-refractivity contribution in [1.82, 2.24) is 30.0 Å².